The first-order valence-electron chi connectivity index (χ1n) is 6.71. The zero-order chi connectivity index (χ0) is 13.2. The summed E-state index contributed by atoms with van der Waals surface area (Å²) in [4.78, 5) is 13.6. The van der Waals surface area contributed by atoms with E-state index in [9.17, 15) is 4.79 Å². The number of carbonyl (C=O) groups excluding carboxylic acids is 1. The van der Waals surface area contributed by atoms with E-state index < -0.39 is 0 Å². The van der Waals surface area contributed by atoms with Gasteiger partial charge in [0, 0.05) is 17.8 Å². The van der Waals surface area contributed by atoms with Gasteiger partial charge in [-0.1, -0.05) is 29.8 Å². The fourth-order valence-electron chi connectivity index (χ4n) is 2.80. The highest BCUT2D eigenvalue weighted by molar-refractivity contribution is 5.87. The summed E-state index contributed by atoms with van der Waals surface area (Å²) in [6, 6.07) is 14.5. The summed E-state index contributed by atoms with van der Waals surface area (Å²) in [6.45, 7) is 2.99. The van der Waals surface area contributed by atoms with Gasteiger partial charge in [-0.15, -0.1) is 0 Å². The Morgan fingerprint density at radius 3 is 2.79 bits per heavy atom. The van der Waals surface area contributed by atoms with E-state index in [1.54, 1.807) is 0 Å². The van der Waals surface area contributed by atoms with Crippen LogP contribution in [-0.4, -0.2) is 12.8 Å². The van der Waals surface area contributed by atoms with E-state index in [-0.39, 0.29) is 0 Å². The first-order chi connectivity index (χ1) is 9.29. The van der Waals surface area contributed by atoms with E-state index in [1.807, 2.05) is 13.0 Å². The number of hydrogen-bond donors (Lipinski definition) is 0. The second-order valence-corrected chi connectivity index (χ2v) is 5.06. The number of aryl methyl sites for hydroxylation is 2. The summed E-state index contributed by atoms with van der Waals surface area (Å²) in [5.74, 6) is 0. The van der Waals surface area contributed by atoms with E-state index >= 15 is 0 Å². The van der Waals surface area contributed by atoms with Crippen LogP contribution in [0.1, 0.15) is 27.9 Å². The molecule has 0 aromatic heterocycles. The molecule has 0 amide bonds. The van der Waals surface area contributed by atoms with Gasteiger partial charge in [-0.2, -0.15) is 0 Å². The van der Waals surface area contributed by atoms with Crippen LogP contribution in [0.2, 0.25) is 0 Å². The van der Waals surface area contributed by atoms with Gasteiger partial charge < -0.3 is 4.90 Å². The van der Waals surface area contributed by atoms with Crippen molar-refractivity contribution >= 4 is 17.7 Å². The fourth-order valence-corrected chi connectivity index (χ4v) is 2.80. The summed E-state index contributed by atoms with van der Waals surface area (Å²) in [5.41, 5.74) is 5.52. The van der Waals surface area contributed by atoms with Crippen LogP contribution in [0.4, 0.5) is 11.4 Å². The van der Waals surface area contributed by atoms with Crippen LogP contribution in [0, 0.1) is 6.92 Å². The highest BCUT2D eigenvalue weighted by Gasteiger charge is 2.19. The number of para-hydroxylation sites is 1. The van der Waals surface area contributed by atoms with Crippen LogP contribution in [0.15, 0.2) is 42.5 Å². The average molecular weight is 251 g/mol. The van der Waals surface area contributed by atoms with E-state index in [0.717, 1.165) is 42.5 Å². The van der Waals surface area contributed by atoms with Crippen LogP contribution in [0.5, 0.6) is 0 Å². The summed E-state index contributed by atoms with van der Waals surface area (Å²) in [6.07, 6.45) is 3.21. The molecule has 2 aromatic carbocycles. The molecule has 96 valence electrons. The number of anilines is 2. The SMILES string of the molecule is Cc1ccc(N2CCCc3ccccc32)c(C=O)c1. The van der Waals surface area contributed by atoms with Gasteiger partial charge in [0.05, 0.1) is 5.69 Å². The van der Waals surface area contributed by atoms with E-state index in [2.05, 4.69) is 41.3 Å². The maximum absolute atomic E-state index is 11.3. The Hall–Kier alpha value is -2.09. The first-order valence-corrected chi connectivity index (χ1v) is 6.71. The Kier molecular flexibility index (Phi) is 3.08. The smallest absolute Gasteiger partial charge is 0.152 e. The van der Waals surface area contributed by atoms with Crippen molar-refractivity contribution < 1.29 is 4.79 Å². The van der Waals surface area contributed by atoms with Gasteiger partial charge in [-0.05, 0) is 43.5 Å². The van der Waals surface area contributed by atoms with Crippen LogP contribution in [-0.2, 0) is 6.42 Å². The molecule has 0 atom stereocenters. The number of aldehydes is 1. The molecule has 1 heterocycles. The quantitative estimate of drug-likeness (QED) is 0.755. The summed E-state index contributed by atoms with van der Waals surface area (Å²) < 4.78 is 0. The normalized spacial score (nSPS) is 14.1. The van der Waals surface area contributed by atoms with Crippen LogP contribution in [0.25, 0.3) is 0 Å². The van der Waals surface area contributed by atoms with Crippen molar-refractivity contribution in [3.05, 3.63) is 59.2 Å². The molecule has 0 unspecified atom stereocenters. The molecule has 1 aliphatic heterocycles. The highest BCUT2D eigenvalue weighted by atomic mass is 16.1. The zero-order valence-corrected chi connectivity index (χ0v) is 11.1. The van der Waals surface area contributed by atoms with E-state index in [1.165, 1.54) is 11.3 Å². The minimum atomic E-state index is 0.775. The van der Waals surface area contributed by atoms with Crippen LogP contribution < -0.4 is 4.90 Å². The van der Waals surface area contributed by atoms with Gasteiger partial charge in [0.2, 0.25) is 0 Å². The van der Waals surface area contributed by atoms with Crippen molar-refractivity contribution in [1.29, 1.82) is 0 Å². The topological polar surface area (TPSA) is 20.3 Å². The predicted molar refractivity (Wildman–Crippen MR) is 78.3 cm³/mol. The molecule has 0 N–H and O–H groups in total. The molecule has 19 heavy (non-hydrogen) atoms. The lowest BCUT2D eigenvalue weighted by Crippen LogP contribution is -2.25. The number of fused-ring (bicyclic) bond motifs is 1. The maximum Gasteiger partial charge on any atom is 0.152 e. The highest BCUT2D eigenvalue weighted by Crippen LogP contribution is 2.34. The third kappa shape index (κ3) is 2.14. The largest absolute Gasteiger partial charge is 0.341 e. The van der Waals surface area contributed by atoms with Crippen molar-refractivity contribution in [3.63, 3.8) is 0 Å². The molecular formula is C17H17NO. The molecule has 0 radical (unpaired) electrons. The monoisotopic (exact) mass is 251 g/mol. The van der Waals surface area contributed by atoms with Crippen molar-refractivity contribution in [1.82, 2.24) is 0 Å². The second-order valence-electron chi connectivity index (χ2n) is 5.06. The van der Waals surface area contributed by atoms with E-state index in [0.29, 0.717) is 0 Å². The Bertz CT molecular complexity index is 618. The Morgan fingerprint density at radius 1 is 1.11 bits per heavy atom. The van der Waals surface area contributed by atoms with Crippen LogP contribution in [0.3, 0.4) is 0 Å². The van der Waals surface area contributed by atoms with Crippen molar-refractivity contribution in [2.75, 3.05) is 11.4 Å². The first kappa shape index (κ1) is 12.0. The molecule has 0 spiro atoms. The van der Waals surface area contributed by atoms with Gasteiger partial charge in [-0.3, -0.25) is 4.79 Å². The zero-order valence-electron chi connectivity index (χ0n) is 11.1. The Morgan fingerprint density at radius 2 is 1.95 bits per heavy atom. The van der Waals surface area contributed by atoms with Crippen molar-refractivity contribution in [3.8, 4) is 0 Å². The third-order valence-electron chi connectivity index (χ3n) is 3.71. The molecule has 0 aliphatic carbocycles. The standard InChI is InChI=1S/C17H17NO/c1-13-8-9-17(15(11-13)12-19)18-10-4-6-14-5-2-3-7-16(14)18/h2-3,5,7-9,11-12H,4,6,10H2,1H3. The molecule has 2 aromatic rings. The summed E-state index contributed by atoms with van der Waals surface area (Å²) in [7, 11) is 0. The molecule has 2 heteroatoms. The molecule has 1 aliphatic rings. The lowest BCUT2D eigenvalue weighted by molar-refractivity contribution is 0.112. The minimum absolute atomic E-state index is 0.775. The summed E-state index contributed by atoms with van der Waals surface area (Å²) in [5, 5.41) is 0. The maximum atomic E-state index is 11.3. The van der Waals surface area contributed by atoms with Gasteiger partial charge in [0.15, 0.2) is 6.29 Å². The Balaban J connectivity index is 2.11. The fraction of sp³-hybridized carbons (Fsp3) is 0.235. The molecule has 0 fully saturated rings. The van der Waals surface area contributed by atoms with Gasteiger partial charge in [0.25, 0.3) is 0 Å². The number of carbonyl (C=O) groups is 1. The third-order valence-corrected chi connectivity index (χ3v) is 3.71. The summed E-state index contributed by atoms with van der Waals surface area (Å²) >= 11 is 0. The minimum Gasteiger partial charge on any atom is -0.341 e. The van der Waals surface area contributed by atoms with Gasteiger partial charge in [-0.25, -0.2) is 0 Å². The predicted octanol–water partition coefficient (Wildman–Crippen LogP) is 3.89. The molecule has 0 bridgehead atoms. The van der Waals surface area contributed by atoms with E-state index in [4.69, 9.17) is 0 Å². The molecule has 2 nitrogen and oxygen atoms in total. The number of nitrogens with zero attached hydrogens (tertiary/aromatic N) is 1. The van der Waals surface area contributed by atoms with Crippen molar-refractivity contribution in [2.24, 2.45) is 0 Å². The lowest BCUT2D eigenvalue weighted by atomic mass is 9.99. The number of rotatable bonds is 2. The number of benzene rings is 2. The molecular weight excluding hydrogens is 234 g/mol. The Labute approximate surface area is 113 Å². The van der Waals surface area contributed by atoms with Crippen molar-refractivity contribution in [2.45, 2.75) is 19.8 Å². The second kappa shape index (κ2) is 4.88. The molecule has 0 saturated carbocycles. The van der Waals surface area contributed by atoms with Gasteiger partial charge in [0.1, 0.15) is 0 Å². The van der Waals surface area contributed by atoms with Gasteiger partial charge >= 0.3 is 0 Å². The average Bonchev–Trinajstić information content (AvgIpc) is 2.46. The molecule has 3 rings (SSSR count). The lowest BCUT2D eigenvalue weighted by Gasteiger charge is -2.32. The molecule has 0 saturated heterocycles. The van der Waals surface area contributed by atoms with Crippen LogP contribution >= 0.6 is 0 Å². The number of hydrogen-bond acceptors (Lipinski definition) is 2.